The highest BCUT2D eigenvalue weighted by atomic mass is 35.5. The van der Waals surface area contributed by atoms with Gasteiger partial charge in [-0.25, -0.2) is 0 Å². The van der Waals surface area contributed by atoms with Gasteiger partial charge in [0.15, 0.2) is 11.5 Å². The molecule has 1 atom stereocenters. The minimum Gasteiger partial charge on any atom is -0.493 e. The van der Waals surface area contributed by atoms with Gasteiger partial charge >= 0.3 is 0 Å². The van der Waals surface area contributed by atoms with E-state index in [9.17, 15) is 9.59 Å². The largest absolute Gasteiger partial charge is 0.493 e. The number of ether oxygens (including phenoxy) is 2. The molecule has 0 aliphatic carbocycles. The van der Waals surface area contributed by atoms with Crippen LogP contribution in [-0.2, 0) is 6.54 Å². The Kier molecular flexibility index (Phi) is 4.59. The molecule has 6 nitrogen and oxygen atoms in total. The van der Waals surface area contributed by atoms with Gasteiger partial charge in [0, 0.05) is 17.1 Å². The third-order valence-electron chi connectivity index (χ3n) is 5.78. The standard InChI is InChI=1S/C24H19ClN2O4/c1-30-19-12-11-16-20(21(19)31-2)24(29)27-18-10-6-4-8-15(18)23(28)26(22(16)27)13-14-7-3-5-9-17(14)25/h3-12,22H,13H2,1-2H3. The van der Waals surface area contributed by atoms with Gasteiger partial charge in [0.25, 0.3) is 11.8 Å². The van der Waals surface area contributed by atoms with Crippen LogP contribution in [0.3, 0.4) is 0 Å². The number of fused-ring (bicyclic) bond motifs is 5. The number of methoxy groups -OCH3 is 2. The molecule has 0 fully saturated rings. The zero-order valence-electron chi connectivity index (χ0n) is 17.0. The first-order chi connectivity index (χ1) is 15.1. The summed E-state index contributed by atoms with van der Waals surface area (Å²) in [6.45, 7) is 0.259. The predicted octanol–water partition coefficient (Wildman–Crippen LogP) is 4.67. The van der Waals surface area contributed by atoms with Crippen molar-refractivity contribution in [2.75, 3.05) is 19.1 Å². The molecule has 0 bridgehead atoms. The molecule has 7 heteroatoms. The highest BCUT2D eigenvalue weighted by molar-refractivity contribution is 6.31. The fourth-order valence-corrected chi connectivity index (χ4v) is 4.59. The van der Waals surface area contributed by atoms with E-state index >= 15 is 0 Å². The van der Waals surface area contributed by atoms with Crippen molar-refractivity contribution in [3.8, 4) is 11.5 Å². The van der Waals surface area contributed by atoms with Gasteiger partial charge in [-0.05, 0) is 29.8 Å². The van der Waals surface area contributed by atoms with Crippen molar-refractivity contribution in [2.24, 2.45) is 0 Å². The minimum atomic E-state index is -0.610. The molecule has 2 aliphatic rings. The maximum Gasteiger partial charge on any atom is 0.264 e. The number of rotatable bonds is 4. The Morgan fingerprint density at radius 3 is 2.39 bits per heavy atom. The molecule has 3 aromatic carbocycles. The highest BCUT2D eigenvalue weighted by Gasteiger charge is 2.49. The number of carbonyl (C=O) groups excluding carboxylic acids is 2. The Hall–Kier alpha value is -3.51. The molecule has 0 N–H and O–H groups in total. The lowest BCUT2D eigenvalue weighted by molar-refractivity contribution is 0.0630. The molecule has 2 heterocycles. The third-order valence-corrected chi connectivity index (χ3v) is 6.15. The summed E-state index contributed by atoms with van der Waals surface area (Å²) in [5, 5.41) is 0.567. The zero-order valence-corrected chi connectivity index (χ0v) is 17.7. The average molecular weight is 435 g/mol. The quantitative estimate of drug-likeness (QED) is 0.598. The second kappa shape index (κ2) is 7.32. The maximum absolute atomic E-state index is 13.6. The van der Waals surface area contributed by atoms with E-state index in [1.165, 1.54) is 14.2 Å². The van der Waals surface area contributed by atoms with Crippen molar-refractivity contribution in [3.63, 3.8) is 0 Å². The number of hydrogen-bond acceptors (Lipinski definition) is 4. The van der Waals surface area contributed by atoms with E-state index in [1.807, 2.05) is 30.3 Å². The summed E-state index contributed by atoms with van der Waals surface area (Å²) < 4.78 is 10.9. The second-order valence-electron chi connectivity index (χ2n) is 7.36. The van der Waals surface area contributed by atoms with Gasteiger partial charge in [-0.1, -0.05) is 48.0 Å². The molecular weight excluding hydrogens is 416 g/mol. The third kappa shape index (κ3) is 2.79. The van der Waals surface area contributed by atoms with E-state index in [1.54, 1.807) is 40.1 Å². The van der Waals surface area contributed by atoms with E-state index in [0.29, 0.717) is 38.9 Å². The molecule has 0 spiro atoms. The van der Waals surface area contributed by atoms with Crippen LogP contribution in [0.1, 0.15) is 38.0 Å². The Morgan fingerprint density at radius 2 is 1.65 bits per heavy atom. The molecule has 3 aromatic rings. The number of anilines is 1. The number of benzene rings is 3. The maximum atomic E-state index is 13.6. The number of amides is 2. The van der Waals surface area contributed by atoms with Gasteiger partial charge < -0.3 is 14.4 Å². The van der Waals surface area contributed by atoms with Crippen molar-refractivity contribution >= 4 is 29.1 Å². The molecular formula is C24H19ClN2O4. The van der Waals surface area contributed by atoms with Crippen molar-refractivity contribution in [1.82, 2.24) is 4.90 Å². The van der Waals surface area contributed by atoms with Crippen LogP contribution in [0.4, 0.5) is 5.69 Å². The molecule has 2 aliphatic heterocycles. The minimum absolute atomic E-state index is 0.160. The van der Waals surface area contributed by atoms with Crippen molar-refractivity contribution in [3.05, 3.63) is 87.9 Å². The number of nitrogens with zero attached hydrogens (tertiary/aromatic N) is 2. The van der Waals surface area contributed by atoms with Gasteiger partial charge in [-0.2, -0.15) is 0 Å². The van der Waals surface area contributed by atoms with E-state index in [-0.39, 0.29) is 18.4 Å². The van der Waals surface area contributed by atoms with Gasteiger partial charge in [-0.15, -0.1) is 0 Å². The molecule has 0 saturated carbocycles. The average Bonchev–Trinajstić information content (AvgIpc) is 3.09. The molecule has 1 unspecified atom stereocenters. The first-order valence-corrected chi connectivity index (χ1v) is 10.2. The smallest absolute Gasteiger partial charge is 0.264 e. The van der Waals surface area contributed by atoms with Crippen LogP contribution in [0.15, 0.2) is 60.7 Å². The predicted molar refractivity (Wildman–Crippen MR) is 117 cm³/mol. The number of para-hydroxylation sites is 1. The number of halogens is 1. The van der Waals surface area contributed by atoms with Crippen molar-refractivity contribution in [1.29, 1.82) is 0 Å². The van der Waals surface area contributed by atoms with Gasteiger partial charge in [0.1, 0.15) is 6.17 Å². The normalized spacial score (nSPS) is 16.7. The monoisotopic (exact) mass is 434 g/mol. The van der Waals surface area contributed by atoms with Crippen molar-refractivity contribution < 1.29 is 19.1 Å². The fraction of sp³-hybridized carbons (Fsp3) is 0.167. The molecule has 31 heavy (non-hydrogen) atoms. The lowest BCUT2D eigenvalue weighted by Gasteiger charge is -2.41. The summed E-state index contributed by atoms with van der Waals surface area (Å²) in [5.41, 5.74) is 2.95. The van der Waals surface area contributed by atoms with E-state index in [0.717, 1.165) is 5.56 Å². The van der Waals surface area contributed by atoms with Gasteiger partial charge in [0.05, 0.1) is 31.0 Å². The van der Waals surface area contributed by atoms with E-state index in [4.69, 9.17) is 21.1 Å². The fourth-order valence-electron chi connectivity index (χ4n) is 4.40. The van der Waals surface area contributed by atoms with Crippen LogP contribution in [0, 0.1) is 0 Å². The summed E-state index contributed by atoms with van der Waals surface area (Å²) in [7, 11) is 3.03. The molecule has 0 radical (unpaired) electrons. The summed E-state index contributed by atoms with van der Waals surface area (Å²) in [6.07, 6.45) is -0.610. The topological polar surface area (TPSA) is 59.1 Å². The van der Waals surface area contributed by atoms with Crippen LogP contribution in [0.2, 0.25) is 5.02 Å². The Labute approximate surface area is 184 Å². The number of carbonyl (C=O) groups is 2. The molecule has 0 aromatic heterocycles. The zero-order chi connectivity index (χ0) is 21.7. The SMILES string of the molecule is COc1ccc2c(c1OC)C(=O)N1c3ccccc3C(=O)N(Cc3ccccc3Cl)C21. The first kappa shape index (κ1) is 19.5. The van der Waals surface area contributed by atoms with Crippen molar-refractivity contribution in [2.45, 2.75) is 12.7 Å². The molecule has 2 amide bonds. The Balaban J connectivity index is 1.73. The van der Waals surface area contributed by atoms with Gasteiger partial charge in [-0.3, -0.25) is 14.5 Å². The lowest BCUT2D eigenvalue weighted by Crippen LogP contribution is -2.47. The summed E-state index contributed by atoms with van der Waals surface area (Å²) in [5.74, 6) is 0.431. The van der Waals surface area contributed by atoms with Crippen LogP contribution in [-0.4, -0.2) is 30.9 Å². The highest BCUT2D eigenvalue weighted by Crippen LogP contribution is 2.50. The van der Waals surface area contributed by atoms with Gasteiger partial charge in [0.2, 0.25) is 0 Å². The van der Waals surface area contributed by atoms with E-state index < -0.39 is 6.17 Å². The Bertz CT molecular complexity index is 1230. The summed E-state index contributed by atoms with van der Waals surface area (Å²) in [6, 6.07) is 18.1. The summed E-state index contributed by atoms with van der Waals surface area (Å²) >= 11 is 6.40. The number of hydrogen-bond donors (Lipinski definition) is 0. The Morgan fingerprint density at radius 1 is 0.903 bits per heavy atom. The lowest BCUT2D eigenvalue weighted by atomic mass is 10.0. The summed E-state index contributed by atoms with van der Waals surface area (Å²) in [4.78, 5) is 30.5. The van der Waals surface area contributed by atoms with Crippen LogP contribution in [0.5, 0.6) is 11.5 Å². The molecule has 5 rings (SSSR count). The first-order valence-electron chi connectivity index (χ1n) is 9.78. The second-order valence-corrected chi connectivity index (χ2v) is 7.76. The van der Waals surface area contributed by atoms with Crippen LogP contribution in [0.25, 0.3) is 0 Å². The van der Waals surface area contributed by atoms with Crippen LogP contribution < -0.4 is 14.4 Å². The van der Waals surface area contributed by atoms with Crippen LogP contribution >= 0.6 is 11.6 Å². The molecule has 0 saturated heterocycles. The molecule has 156 valence electrons. The van der Waals surface area contributed by atoms with E-state index in [2.05, 4.69) is 0 Å².